The highest BCUT2D eigenvalue weighted by Crippen LogP contribution is 2.24. The Hall–Kier alpha value is -2.95. The summed E-state index contributed by atoms with van der Waals surface area (Å²) in [7, 11) is 0. The second-order valence-corrected chi connectivity index (χ2v) is 6.24. The minimum Gasteiger partial charge on any atom is -0.323 e. The van der Waals surface area contributed by atoms with Crippen molar-refractivity contribution in [2.45, 2.75) is 25.9 Å². The Kier molecular flexibility index (Phi) is 4.06. The van der Waals surface area contributed by atoms with Crippen LogP contribution in [-0.4, -0.2) is 10.5 Å². The Morgan fingerprint density at radius 3 is 2.80 bits per heavy atom. The van der Waals surface area contributed by atoms with Crippen LogP contribution in [0.25, 0.3) is 11.3 Å². The molecule has 0 unspecified atom stereocenters. The zero-order chi connectivity index (χ0) is 17.2. The number of rotatable bonds is 4. The molecule has 25 heavy (non-hydrogen) atoms. The molecule has 2 aromatic carbocycles. The molecular formula is C20H19FN3O+. The van der Waals surface area contributed by atoms with E-state index >= 15 is 0 Å². The number of imidazole rings is 1. The molecule has 0 radical (unpaired) electrons. The summed E-state index contributed by atoms with van der Waals surface area (Å²) in [6, 6.07) is 16.1. The SMILES string of the molecule is O=C(C[n+]1cc(-c2ccccc2)n2c1CCC2)Nc1cccc(F)c1. The summed E-state index contributed by atoms with van der Waals surface area (Å²) < 4.78 is 17.5. The third kappa shape index (κ3) is 3.18. The molecule has 1 amide bonds. The van der Waals surface area contributed by atoms with E-state index in [1.165, 1.54) is 12.1 Å². The lowest BCUT2D eigenvalue weighted by Crippen LogP contribution is -2.42. The van der Waals surface area contributed by atoms with E-state index in [4.69, 9.17) is 0 Å². The van der Waals surface area contributed by atoms with Gasteiger partial charge in [0, 0.05) is 11.3 Å². The van der Waals surface area contributed by atoms with E-state index in [-0.39, 0.29) is 18.3 Å². The summed E-state index contributed by atoms with van der Waals surface area (Å²) >= 11 is 0. The highest BCUT2D eigenvalue weighted by atomic mass is 19.1. The largest absolute Gasteiger partial charge is 0.323 e. The number of amides is 1. The first kappa shape index (κ1) is 15.6. The number of carbonyl (C=O) groups excluding carboxylic acids is 1. The van der Waals surface area contributed by atoms with Gasteiger partial charge in [0.1, 0.15) is 12.0 Å². The van der Waals surface area contributed by atoms with Crippen molar-refractivity contribution >= 4 is 11.6 Å². The lowest BCUT2D eigenvalue weighted by molar-refractivity contribution is -0.690. The standard InChI is InChI=1S/C20H18FN3O/c21-16-8-4-9-17(12-16)22-19(25)14-23-13-18(15-6-2-1-3-7-15)24-11-5-10-20(23)24/h1-4,6-9,12-13H,5,10-11,14H2/p+1. The van der Waals surface area contributed by atoms with Gasteiger partial charge in [-0.3, -0.25) is 4.79 Å². The van der Waals surface area contributed by atoms with E-state index in [0.717, 1.165) is 36.5 Å². The second-order valence-electron chi connectivity index (χ2n) is 6.24. The molecule has 1 aliphatic rings. The van der Waals surface area contributed by atoms with Crippen molar-refractivity contribution in [2.24, 2.45) is 0 Å². The molecule has 0 spiro atoms. The fourth-order valence-corrected chi connectivity index (χ4v) is 3.41. The zero-order valence-corrected chi connectivity index (χ0v) is 13.8. The minimum atomic E-state index is -0.360. The van der Waals surface area contributed by atoms with Crippen LogP contribution in [0.2, 0.25) is 0 Å². The van der Waals surface area contributed by atoms with Gasteiger partial charge < -0.3 is 5.32 Å². The first-order valence-electron chi connectivity index (χ1n) is 8.43. The lowest BCUT2D eigenvalue weighted by Gasteiger charge is -2.04. The van der Waals surface area contributed by atoms with Crippen molar-refractivity contribution in [2.75, 3.05) is 5.32 Å². The molecule has 2 heterocycles. The van der Waals surface area contributed by atoms with Gasteiger partial charge in [0.25, 0.3) is 11.7 Å². The number of hydrogen-bond donors (Lipinski definition) is 1. The third-order valence-corrected chi connectivity index (χ3v) is 4.49. The molecule has 4 rings (SSSR count). The maximum atomic E-state index is 13.3. The molecule has 1 N–H and O–H groups in total. The van der Waals surface area contributed by atoms with Crippen LogP contribution in [-0.2, 0) is 24.3 Å². The summed E-state index contributed by atoms with van der Waals surface area (Å²) in [5.41, 5.74) is 2.76. The van der Waals surface area contributed by atoms with Crippen molar-refractivity contribution in [1.82, 2.24) is 4.57 Å². The van der Waals surface area contributed by atoms with Gasteiger partial charge in [-0.15, -0.1) is 0 Å². The number of halogens is 1. The van der Waals surface area contributed by atoms with Gasteiger partial charge in [-0.1, -0.05) is 36.4 Å². The van der Waals surface area contributed by atoms with E-state index in [9.17, 15) is 9.18 Å². The molecule has 4 nitrogen and oxygen atoms in total. The molecule has 126 valence electrons. The quantitative estimate of drug-likeness (QED) is 0.730. The van der Waals surface area contributed by atoms with Gasteiger partial charge in [-0.25, -0.2) is 13.5 Å². The topological polar surface area (TPSA) is 37.9 Å². The molecule has 3 aromatic rings. The molecule has 1 aromatic heterocycles. The maximum absolute atomic E-state index is 13.3. The van der Waals surface area contributed by atoms with Crippen molar-refractivity contribution in [3.05, 3.63) is 72.4 Å². The summed E-state index contributed by atoms with van der Waals surface area (Å²) in [5.74, 6) is 0.644. The molecule has 0 bridgehead atoms. The van der Waals surface area contributed by atoms with Gasteiger partial charge in [0.15, 0.2) is 12.2 Å². The number of fused-ring (bicyclic) bond motifs is 1. The number of benzene rings is 2. The number of anilines is 1. The number of nitrogens with zero attached hydrogens (tertiary/aromatic N) is 2. The van der Waals surface area contributed by atoms with Gasteiger partial charge >= 0.3 is 0 Å². The summed E-state index contributed by atoms with van der Waals surface area (Å²) in [5, 5.41) is 2.76. The molecule has 0 fully saturated rings. The number of carbonyl (C=O) groups is 1. The van der Waals surface area contributed by atoms with Crippen molar-refractivity contribution in [1.29, 1.82) is 0 Å². The van der Waals surface area contributed by atoms with Crippen molar-refractivity contribution in [3.8, 4) is 11.3 Å². The van der Waals surface area contributed by atoms with Crippen LogP contribution < -0.4 is 9.88 Å². The molecule has 5 heteroatoms. The average molecular weight is 336 g/mol. The number of aromatic nitrogens is 2. The van der Waals surface area contributed by atoms with Crippen LogP contribution in [0.1, 0.15) is 12.2 Å². The van der Waals surface area contributed by atoms with E-state index < -0.39 is 0 Å². The average Bonchev–Trinajstić information content (AvgIpc) is 3.19. The van der Waals surface area contributed by atoms with Crippen molar-refractivity contribution in [3.63, 3.8) is 0 Å². The minimum absolute atomic E-state index is 0.157. The molecule has 0 aliphatic carbocycles. The Labute approximate surface area is 145 Å². The summed E-state index contributed by atoms with van der Waals surface area (Å²) in [6.45, 7) is 1.19. The van der Waals surface area contributed by atoms with Gasteiger partial charge in [0.05, 0.1) is 13.0 Å². The first-order valence-corrected chi connectivity index (χ1v) is 8.43. The predicted octanol–water partition coefficient (Wildman–Crippen LogP) is 3.17. The molecular weight excluding hydrogens is 317 g/mol. The first-order chi connectivity index (χ1) is 12.2. The van der Waals surface area contributed by atoms with Crippen LogP contribution in [0.3, 0.4) is 0 Å². The molecule has 0 saturated heterocycles. The van der Waals surface area contributed by atoms with Gasteiger partial charge in [-0.05, 0) is 24.6 Å². The fraction of sp³-hybridized carbons (Fsp3) is 0.200. The summed E-state index contributed by atoms with van der Waals surface area (Å²) in [4.78, 5) is 12.4. The predicted molar refractivity (Wildman–Crippen MR) is 93.4 cm³/mol. The third-order valence-electron chi connectivity index (χ3n) is 4.49. The zero-order valence-electron chi connectivity index (χ0n) is 13.8. The van der Waals surface area contributed by atoms with Crippen LogP contribution >= 0.6 is 0 Å². The fourth-order valence-electron chi connectivity index (χ4n) is 3.41. The van der Waals surface area contributed by atoms with E-state index in [2.05, 4.69) is 22.0 Å². The van der Waals surface area contributed by atoms with Gasteiger partial charge in [0.2, 0.25) is 0 Å². The Morgan fingerprint density at radius 1 is 1.16 bits per heavy atom. The molecule has 1 aliphatic heterocycles. The van der Waals surface area contributed by atoms with E-state index in [1.807, 2.05) is 29.0 Å². The lowest BCUT2D eigenvalue weighted by atomic mass is 10.2. The van der Waals surface area contributed by atoms with Crippen LogP contribution in [0, 0.1) is 5.82 Å². The highest BCUT2D eigenvalue weighted by Gasteiger charge is 2.29. The maximum Gasteiger partial charge on any atom is 0.266 e. The molecule has 0 atom stereocenters. The van der Waals surface area contributed by atoms with E-state index in [1.54, 1.807) is 12.1 Å². The second kappa shape index (κ2) is 6.51. The van der Waals surface area contributed by atoms with Crippen LogP contribution in [0.4, 0.5) is 10.1 Å². The van der Waals surface area contributed by atoms with Crippen molar-refractivity contribution < 1.29 is 13.8 Å². The Morgan fingerprint density at radius 2 is 2.00 bits per heavy atom. The van der Waals surface area contributed by atoms with E-state index in [0.29, 0.717) is 5.69 Å². The highest BCUT2D eigenvalue weighted by molar-refractivity contribution is 5.89. The van der Waals surface area contributed by atoms with Crippen LogP contribution in [0.5, 0.6) is 0 Å². The monoisotopic (exact) mass is 336 g/mol. The van der Waals surface area contributed by atoms with Gasteiger partial charge in [-0.2, -0.15) is 0 Å². The number of nitrogens with one attached hydrogen (secondary N) is 1. The van der Waals surface area contributed by atoms with Crippen LogP contribution in [0.15, 0.2) is 60.8 Å². The Balaban J connectivity index is 1.58. The number of hydrogen-bond acceptors (Lipinski definition) is 1. The summed E-state index contributed by atoms with van der Waals surface area (Å²) in [6.07, 6.45) is 4.08. The Bertz CT molecular complexity index is 918. The normalized spacial score (nSPS) is 12.8. The smallest absolute Gasteiger partial charge is 0.266 e. The molecule has 0 saturated carbocycles.